The van der Waals surface area contributed by atoms with Crippen molar-refractivity contribution < 1.29 is 0 Å². The molecule has 2 N–H and O–H groups in total. The molecule has 0 amide bonds. The van der Waals surface area contributed by atoms with Crippen molar-refractivity contribution in [3.8, 4) is 5.95 Å². The molecule has 0 bridgehead atoms. The normalized spacial score (nSPS) is 10.9. The quantitative estimate of drug-likeness (QED) is 0.745. The van der Waals surface area contributed by atoms with E-state index in [-0.39, 0.29) is 5.95 Å². The number of anilines is 1. The smallest absolute Gasteiger partial charge is 0.239 e. The lowest BCUT2D eigenvalue weighted by Crippen LogP contribution is -2.11. The summed E-state index contributed by atoms with van der Waals surface area (Å²) in [5.74, 6) is 2.16. The largest absolute Gasteiger partial charge is 0.368 e. The van der Waals surface area contributed by atoms with E-state index < -0.39 is 0 Å². The Morgan fingerprint density at radius 2 is 2.05 bits per heavy atom. The second kappa shape index (κ2) is 5.70. The van der Waals surface area contributed by atoms with Crippen LogP contribution >= 0.6 is 0 Å². The molecule has 3 aromatic heterocycles. The van der Waals surface area contributed by atoms with Crippen molar-refractivity contribution in [2.24, 2.45) is 0 Å². The van der Waals surface area contributed by atoms with Crippen molar-refractivity contribution in [2.75, 3.05) is 5.73 Å². The van der Waals surface area contributed by atoms with E-state index in [1.54, 1.807) is 29.5 Å². The van der Waals surface area contributed by atoms with E-state index in [9.17, 15) is 0 Å². The number of hydrogen-bond donors (Lipinski definition) is 1. The molecule has 3 heterocycles. The van der Waals surface area contributed by atoms with E-state index in [4.69, 9.17) is 5.73 Å². The lowest BCUT2D eigenvalue weighted by molar-refractivity contribution is 0.641. The summed E-state index contributed by atoms with van der Waals surface area (Å²) < 4.78 is 3.79. The zero-order valence-electron chi connectivity index (χ0n) is 11.7. The summed E-state index contributed by atoms with van der Waals surface area (Å²) in [5.41, 5.74) is 5.77. The highest BCUT2D eigenvalue weighted by molar-refractivity contribution is 5.24. The van der Waals surface area contributed by atoms with Gasteiger partial charge in [0.1, 0.15) is 18.0 Å². The van der Waals surface area contributed by atoms with Crippen LogP contribution in [0.3, 0.4) is 0 Å². The van der Waals surface area contributed by atoms with Gasteiger partial charge >= 0.3 is 0 Å². The minimum atomic E-state index is 0.192. The van der Waals surface area contributed by atoms with E-state index in [2.05, 4.69) is 36.4 Å². The predicted octanol–water partition coefficient (Wildman–Crippen LogP) is 0.837. The standard InChI is InChI=1S/C13H16N8/c1-2-5-20-7-4-16-11(20)8-10-17-12(14)19-13(18-10)21-6-3-15-9-21/h3-4,6-7,9H,2,5,8H2,1H3,(H2,14,17,18,19). The molecule has 0 saturated heterocycles. The summed E-state index contributed by atoms with van der Waals surface area (Å²) in [6.07, 6.45) is 10.3. The van der Waals surface area contributed by atoms with E-state index in [0.717, 1.165) is 18.8 Å². The van der Waals surface area contributed by atoms with Crippen LogP contribution in [0.2, 0.25) is 0 Å². The maximum atomic E-state index is 5.77. The molecule has 21 heavy (non-hydrogen) atoms. The molecule has 0 unspecified atom stereocenters. The topological polar surface area (TPSA) is 100 Å². The highest BCUT2D eigenvalue weighted by atomic mass is 15.2. The summed E-state index contributed by atoms with van der Waals surface area (Å²) in [4.78, 5) is 21.1. The van der Waals surface area contributed by atoms with Crippen molar-refractivity contribution in [3.63, 3.8) is 0 Å². The zero-order valence-corrected chi connectivity index (χ0v) is 11.7. The molecule has 0 aliphatic carbocycles. The van der Waals surface area contributed by atoms with Crippen LogP contribution in [0.25, 0.3) is 5.95 Å². The van der Waals surface area contributed by atoms with Gasteiger partial charge in [0.15, 0.2) is 0 Å². The second-order valence-electron chi connectivity index (χ2n) is 4.59. The van der Waals surface area contributed by atoms with Gasteiger partial charge in [0.25, 0.3) is 0 Å². The third kappa shape index (κ3) is 2.88. The molecular weight excluding hydrogens is 268 g/mol. The van der Waals surface area contributed by atoms with Crippen LogP contribution in [0.15, 0.2) is 31.1 Å². The Morgan fingerprint density at radius 1 is 1.14 bits per heavy atom. The number of aromatic nitrogens is 7. The minimum Gasteiger partial charge on any atom is -0.368 e. The number of aryl methyl sites for hydroxylation is 1. The van der Waals surface area contributed by atoms with Gasteiger partial charge in [-0.15, -0.1) is 0 Å². The maximum Gasteiger partial charge on any atom is 0.239 e. The minimum absolute atomic E-state index is 0.192. The first-order valence-corrected chi connectivity index (χ1v) is 6.75. The van der Waals surface area contributed by atoms with Crippen LogP contribution in [0.1, 0.15) is 25.0 Å². The Labute approximate surface area is 121 Å². The van der Waals surface area contributed by atoms with Crippen LogP contribution in [-0.2, 0) is 13.0 Å². The zero-order chi connectivity index (χ0) is 14.7. The molecule has 3 aromatic rings. The highest BCUT2D eigenvalue weighted by Gasteiger charge is 2.10. The number of nitrogen functional groups attached to an aromatic ring is 1. The van der Waals surface area contributed by atoms with Gasteiger partial charge in [-0.05, 0) is 6.42 Å². The van der Waals surface area contributed by atoms with Gasteiger partial charge in [-0.3, -0.25) is 4.57 Å². The molecule has 3 rings (SSSR count). The lowest BCUT2D eigenvalue weighted by Gasteiger charge is -2.07. The number of hydrogen-bond acceptors (Lipinski definition) is 6. The molecule has 0 saturated carbocycles. The number of nitrogens with zero attached hydrogens (tertiary/aromatic N) is 7. The second-order valence-corrected chi connectivity index (χ2v) is 4.59. The Morgan fingerprint density at radius 3 is 2.81 bits per heavy atom. The summed E-state index contributed by atoms with van der Waals surface area (Å²) in [7, 11) is 0. The summed E-state index contributed by atoms with van der Waals surface area (Å²) in [5, 5.41) is 0. The first-order chi connectivity index (χ1) is 10.3. The Kier molecular flexibility index (Phi) is 3.59. The first kappa shape index (κ1) is 13.2. The number of nitrogens with two attached hydrogens (primary N) is 1. The molecule has 0 radical (unpaired) electrons. The van der Waals surface area contributed by atoms with E-state index in [1.807, 2.05) is 6.20 Å². The van der Waals surface area contributed by atoms with Gasteiger partial charge < -0.3 is 10.3 Å². The average Bonchev–Trinajstić information content (AvgIpc) is 3.11. The molecule has 0 spiro atoms. The maximum absolute atomic E-state index is 5.77. The fourth-order valence-corrected chi connectivity index (χ4v) is 2.09. The number of rotatable bonds is 5. The SMILES string of the molecule is CCCn1ccnc1Cc1nc(N)nc(-n2ccnc2)n1. The van der Waals surface area contributed by atoms with Crippen molar-refractivity contribution >= 4 is 5.95 Å². The molecule has 0 aromatic carbocycles. The van der Waals surface area contributed by atoms with Crippen LogP contribution in [-0.4, -0.2) is 34.1 Å². The van der Waals surface area contributed by atoms with Crippen LogP contribution in [0.5, 0.6) is 0 Å². The molecule has 0 fully saturated rings. The molecule has 0 aliphatic heterocycles. The van der Waals surface area contributed by atoms with Crippen molar-refractivity contribution in [3.05, 3.63) is 42.8 Å². The Bertz CT molecular complexity index is 716. The third-order valence-electron chi connectivity index (χ3n) is 3.00. The van der Waals surface area contributed by atoms with Crippen LogP contribution < -0.4 is 5.73 Å². The van der Waals surface area contributed by atoms with E-state index >= 15 is 0 Å². The van der Waals surface area contributed by atoms with Crippen LogP contribution in [0, 0.1) is 0 Å². The van der Waals surface area contributed by atoms with E-state index in [0.29, 0.717) is 18.2 Å². The van der Waals surface area contributed by atoms with Gasteiger partial charge in [-0.1, -0.05) is 6.92 Å². The van der Waals surface area contributed by atoms with Crippen molar-refractivity contribution in [1.82, 2.24) is 34.1 Å². The summed E-state index contributed by atoms with van der Waals surface area (Å²) in [6, 6.07) is 0. The van der Waals surface area contributed by atoms with Crippen molar-refractivity contribution in [2.45, 2.75) is 26.3 Å². The highest BCUT2D eigenvalue weighted by Crippen LogP contribution is 2.08. The molecule has 8 nitrogen and oxygen atoms in total. The monoisotopic (exact) mass is 284 g/mol. The van der Waals surface area contributed by atoms with Gasteiger partial charge in [0.05, 0.1) is 6.42 Å². The fraction of sp³-hybridized carbons (Fsp3) is 0.308. The molecule has 8 heteroatoms. The number of imidazole rings is 2. The molecule has 108 valence electrons. The van der Waals surface area contributed by atoms with Crippen molar-refractivity contribution in [1.29, 1.82) is 0 Å². The first-order valence-electron chi connectivity index (χ1n) is 6.75. The van der Waals surface area contributed by atoms with Gasteiger partial charge in [0.2, 0.25) is 11.9 Å². The molecular formula is C13H16N8. The third-order valence-corrected chi connectivity index (χ3v) is 3.00. The lowest BCUT2D eigenvalue weighted by atomic mass is 10.3. The Hall–Kier alpha value is -2.77. The fourth-order valence-electron chi connectivity index (χ4n) is 2.09. The molecule has 0 aliphatic rings. The van der Waals surface area contributed by atoms with E-state index in [1.165, 1.54) is 0 Å². The van der Waals surface area contributed by atoms with Gasteiger partial charge in [-0.25, -0.2) is 9.97 Å². The summed E-state index contributed by atoms with van der Waals surface area (Å²) in [6.45, 7) is 3.05. The Balaban J connectivity index is 1.90. The molecule has 0 atom stereocenters. The van der Waals surface area contributed by atoms with Crippen LogP contribution in [0.4, 0.5) is 5.95 Å². The predicted molar refractivity (Wildman–Crippen MR) is 76.7 cm³/mol. The average molecular weight is 284 g/mol. The summed E-state index contributed by atoms with van der Waals surface area (Å²) >= 11 is 0. The van der Waals surface area contributed by atoms with Gasteiger partial charge in [-0.2, -0.15) is 15.0 Å². The van der Waals surface area contributed by atoms with Gasteiger partial charge in [0, 0.05) is 31.3 Å².